The molecule has 0 unspecified atom stereocenters. The molecule has 0 aliphatic carbocycles. The Labute approximate surface area is 144 Å². The highest BCUT2D eigenvalue weighted by Crippen LogP contribution is 2.14. The number of carbonyl (C=O) groups is 1. The van der Waals surface area contributed by atoms with E-state index in [2.05, 4.69) is 10.4 Å². The molecule has 0 aliphatic rings. The topological polar surface area (TPSA) is 122 Å². The van der Waals surface area contributed by atoms with Crippen LogP contribution in [0.2, 0.25) is 0 Å². The summed E-state index contributed by atoms with van der Waals surface area (Å²) in [6.07, 6.45) is 1.09. The number of nitrogens with one attached hydrogen (secondary N) is 1. The minimum atomic E-state index is -3.32. The maximum Gasteiger partial charge on any atom is 0.285 e. The van der Waals surface area contributed by atoms with Gasteiger partial charge in [0.05, 0.1) is 10.6 Å². The van der Waals surface area contributed by atoms with Crippen LogP contribution in [0.1, 0.15) is 16.8 Å². The SMILES string of the molecule is Cc1nn(CC(=O)Nc2ccc(S(C)(=O)=O)cc2)c(=O)c(C#N)c1C. The third kappa shape index (κ3) is 4.10. The second kappa shape index (κ2) is 6.86. The van der Waals surface area contributed by atoms with Crippen molar-refractivity contribution in [3.05, 3.63) is 51.4 Å². The van der Waals surface area contributed by atoms with Gasteiger partial charge in [0.25, 0.3) is 5.56 Å². The molecule has 9 heteroatoms. The van der Waals surface area contributed by atoms with Crippen LogP contribution in [0.3, 0.4) is 0 Å². The highest BCUT2D eigenvalue weighted by molar-refractivity contribution is 7.90. The van der Waals surface area contributed by atoms with Crippen molar-refractivity contribution in [1.29, 1.82) is 5.26 Å². The van der Waals surface area contributed by atoms with E-state index in [1.54, 1.807) is 13.8 Å². The number of hydrogen-bond acceptors (Lipinski definition) is 6. The van der Waals surface area contributed by atoms with Crippen LogP contribution in [0, 0.1) is 25.2 Å². The molecule has 1 aromatic heterocycles. The van der Waals surface area contributed by atoms with Gasteiger partial charge in [-0.1, -0.05) is 0 Å². The molecule has 25 heavy (non-hydrogen) atoms. The molecule has 0 saturated heterocycles. The lowest BCUT2D eigenvalue weighted by atomic mass is 10.1. The van der Waals surface area contributed by atoms with Crippen LogP contribution in [-0.2, 0) is 21.2 Å². The first-order valence-corrected chi connectivity index (χ1v) is 9.11. The quantitative estimate of drug-likeness (QED) is 0.859. The van der Waals surface area contributed by atoms with Gasteiger partial charge in [-0.3, -0.25) is 9.59 Å². The minimum absolute atomic E-state index is 0.0437. The van der Waals surface area contributed by atoms with E-state index in [0.717, 1.165) is 10.9 Å². The lowest BCUT2D eigenvalue weighted by Gasteiger charge is -2.10. The molecule has 1 N–H and O–H groups in total. The Bertz CT molecular complexity index is 1030. The maximum atomic E-state index is 12.1. The first-order chi connectivity index (χ1) is 11.6. The van der Waals surface area contributed by atoms with Gasteiger partial charge in [-0.15, -0.1) is 0 Å². The zero-order valence-corrected chi connectivity index (χ0v) is 14.7. The van der Waals surface area contributed by atoms with Crippen LogP contribution in [0.5, 0.6) is 0 Å². The van der Waals surface area contributed by atoms with E-state index in [-0.39, 0.29) is 17.0 Å². The van der Waals surface area contributed by atoms with Crippen molar-refractivity contribution in [2.24, 2.45) is 0 Å². The fraction of sp³-hybridized carbons (Fsp3) is 0.250. The van der Waals surface area contributed by atoms with Gasteiger partial charge >= 0.3 is 0 Å². The number of amides is 1. The Morgan fingerprint density at radius 1 is 1.28 bits per heavy atom. The molecule has 0 saturated carbocycles. The molecule has 0 bridgehead atoms. The fourth-order valence-corrected chi connectivity index (χ4v) is 2.76. The number of benzene rings is 1. The van der Waals surface area contributed by atoms with Gasteiger partial charge < -0.3 is 5.32 Å². The third-order valence-electron chi connectivity index (χ3n) is 3.61. The number of hydrogen-bond donors (Lipinski definition) is 1. The number of carbonyl (C=O) groups excluding carboxylic acids is 1. The lowest BCUT2D eigenvalue weighted by molar-refractivity contribution is -0.117. The van der Waals surface area contributed by atoms with Crippen molar-refractivity contribution in [1.82, 2.24) is 9.78 Å². The predicted molar refractivity (Wildman–Crippen MR) is 90.9 cm³/mol. The maximum absolute atomic E-state index is 12.1. The summed E-state index contributed by atoms with van der Waals surface area (Å²) in [7, 11) is -3.32. The largest absolute Gasteiger partial charge is 0.324 e. The monoisotopic (exact) mass is 360 g/mol. The summed E-state index contributed by atoms with van der Waals surface area (Å²) >= 11 is 0. The second-order valence-electron chi connectivity index (χ2n) is 5.50. The molecule has 1 heterocycles. The van der Waals surface area contributed by atoms with Gasteiger partial charge in [0.2, 0.25) is 5.91 Å². The van der Waals surface area contributed by atoms with E-state index < -0.39 is 21.3 Å². The van der Waals surface area contributed by atoms with E-state index in [9.17, 15) is 18.0 Å². The van der Waals surface area contributed by atoms with E-state index >= 15 is 0 Å². The van der Waals surface area contributed by atoms with Crippen LogP contribution < -0.4 is 10.9 Å². The molecule has 2 rings (SSSR count). The Balaban J connectivity index is 2.20. The van der Waals surface area contributed by atoms with Crippen LogP contribution >= 0.6 is 0 Å². The van der Waals surface area contributed by atoms with Crippen molar-refractivity contribution in [3.63, 3.8) is 0 Å². The zero-order chi connectivity index (χ0) is 18.8. The van der Waals surface area contributed by atoms with Gasteiger partial charge in [0, 0.05) is 11.9 Å². The third-order valence-corrected chi connectivity index (χ3v) is 4.74. The standard InChI is InChI=1S/C16H16N4O4S/c1-10-11(2)19-20(16(22)14(10)8-17)9-15(21)18-12-4-6-13(7-5-12)25(3,23)24/h4-7H,9H2,1-3H3,(H,18,21). The normalized spacial score (nSPS) is 11.0. The highest BCUT2D eigenvalue weighted by atomic mass is 32.2. The molecular formula is C16H16N4O4S. The molecule has 1 aromatic carbocycles. The second-order valence-corrected chi connectivity index (χ2v) is 7.52. The first kappa shape index (κ1) is 18.4. The smallest absolute Gasteiger partial charge is 0.285 e. The molecule has 0 aliphatic heterocycles. The number of sulfone groups is 1. The lowest BCUT2D eigenvalue weighted by Crippen LogP contribution is -2.32. The summed E-state index contributed by atoms with van der Waals surface area (Å²) in [5, 5.41) is 15.6. The average Bonchev–Trinajstić information content (AvgIpc) is 2.53. The average molecular weight is 360 g/mol. The molecular weight excluding hydrogens is 344 g/mol. The van der Waals surface area contributed by atoms with E-state index in [1.807, 2.05) is 6.07 Å². The summed E-state index contributed by atoms with van der Waals surface area (Å²) in [4.78, 5) is 24.4. The number of aromatic nitrogens is 2. The number of nitriles is 1. The molecule has 1 amide bonds. The van der Waals surface area contributed by atoms with Gasteiger partial charge in [-0.25, -0.2) is 13.1 Å². The summed E-state index contributed by atoms with van der Waals surface area (Å²) in [5.41, 5.74) is 0.683. The summed E-state index contributed by atoms with van der Waals surface area (Å²) < 4.78 is 23.7. The summed E-state index contributed by atoms with van der Waals surface area (Å²) in [5.74, 6) is -0.520. The Hall–Kier alpha value is -2.99. The number of anilines is 1. The Kier molecular flexibility index (Phi) is 5.04. The van der Waals surface area contributed by atoms with Crippen LogP contribution in [0.25, 0.3) is 0 Å². The molecule has 8 nitrogen and oxygen atoms in total. The molecule has 0 radical (unpaired) electrons. The van der Waals surface area contributed by atoms with Crippen molar-refractivity contribution >= 4 is 21.4 Å². The number of aryl methyl sites for hydroxylation is 1. The summed E-state index contributed by atoms with van der Waals surface area (Å²) in [6, 6.07) is 7.47. The van der Waals surface area contributed by atoms with Gasteiger partial charge in [-0.05, 0) is 43.7 Å². The van der Waals surface area contributed by atoms with E-state index in [1.165, 1.54) is 24.3 Å². The number of nitrogens with zero attached hydrogens (tertiary/aromatic N) is 3. The number of rotatable bonds is 4. The predicted octanol–water partition coefficient (Wildman–Crippen LogP) is 0.774. The molecule has 0 fully saturated rings. The highest BCUT2D eigenvalue weighted by Gasteiger charge is 2.14. The van der Waals surface area contributed by atoms with Gasteiger partial charge in [0.15, 0.2) is 9.84 Å². The van der Waals surface area contributed by atoms with Crippen LogP contribution in [0.4, 0.5) is 5.69 Å². The summed E-state index contributed by atoms with van der Waals surface area (Å²) in [6.45, 7) is 2.91. The molecule has 130 valence electrons. The molecule has 2 aromatic rings. The van der Waals surface area contributed by atoms with Gasteiger partial charge in [-0.2, -0.15) is 10.4 Å². The van der Waals surface area contributed by atoms with Crippen LogP contribution in [0.15, 0.2) is 34.0 Å². The molecule has 0 atom stereocenters. The van der Waals surface area contributed by atoms with Gasteiger partial charge in [0.1, 0.15) is 18.2 Å². The van der Waals surface area contributed by atoms with Crippen LogP contribution in [-0.4, -0.2) is 30.4 Å². The van der Waals surface area contributed by atoms with E-state index in [4.69, 9.17) is 5.26 Å². The van der Waals surface area contributed by atoms with E-state index in [0.29, 0.717) is 16.9 Å². The van der Waals surface area contributed by atoms with Crippen molar-refractivity contribution < 1.29 is 13.2 Å². The molecule has 0 spiro atoms. The Morgan fingerprint density at radius 2 is 1.88 bits per heavy atom. The minimum Gasteiger partial charge on any atom is -0.324 e. The first-order valence-electron chi connectivity index (χ1n) is 7.22. The van der Waals surface area contributed by atoms with Crippen molar-refractivity contribution in [2.45, 2.75) is 25.3 Å². The van der Waals surface area contributed by atoms with Crippen molar-refractivity contribution in [2.75, 3.05) is 11.6 Å². The zero-order valence-electron chi connectivity index (χ0n) is 13.9. The fourth-order valence-electron chi connectivity index (χ4n) is 2.13. The van der Waals surface area contributed by atoms with Crippen molar-refractivity contribution in [3.8, 4) is 6.07 Å². The Morgan fingerprint density at radius 3 is 2.40 bits per heavy atom.